The van der Waals surface area contributed by atoms with Gasteiger partial charge in [-0.15, -0.1) is 0 Å². The third kappa shape index (κ3) is 2.05. The van der Waals surface area contributed by atoms with E-state index in [2.05, 4.69) is 40.8 Å². The lowest BCUT2D eigenvalue weighted by Crippen LogP contribution is -2.28. The largest absolute Gasteiger partial charge is 0.330 e. The molecule has 0 amide bonds. The molecule has 66 valence electrons. The fourth-order valence-electron chi connectivity index (χ4n) is 0.900. The van der Waals surface area contributed by atoms with Crippen molar-refractivity contribution in [2.24, 2.45) is 5.73 Å². The molecule has 0 unspecified atom stereocenters. The highest BCUT2D eigenvalue weighted by Crippen LogP contribution is 2.23. The molecule has 1 aromatic rings. The van der Waals surface area contributed by atoms with Crippen molar-refractivity contribution in [2.75, 3.05) is 6.54 Å². The maximum Gasteiger partial charge on any atom is 0.0410 e. The van der Waals surface area contributed by atoms with Crippen LogP contribution in [0.1, 0.15) is 19.4 Å². The van der Waals surface area contributed by atoms with E-state index in [4.69, 9.17) is 5.73 Å². The van der Waals surface area contributed by atoms with Crippen molar-refractivity contribution in [3.8, 4) is 0 Å². The summed E-state index contributed by atoms with van der Waals surface area (Å²) in [5.74, 6) is 0. The molecule has 2 N–H and O–H groups in total. The molecule has 1 heterocycles. The molecule has 0 aromatic carbocycles. The van der Waals surface area contributed by atoms with Crippen molar-refractivity contribution in [3.63, 3.8) is 0 Å². The molecule has 1 rings (SSSR count). The van der Waals surface area contributed by atoms with Gasteiger partial charge in [-0.3, -0.25) is 4.98 Å². The Morgan fingerprint density at radius 1 is 1.50 bits per heavy atom. The molecule has 12 heavy (non-hydrogen) atoms. The second-order valence-corrected chi connectivity index (χ2v) is 4.40. The molecule has 0 radical (unpaired) electrons. The lowest BCUT2D eigenvalue weighted by Gasteiger charge is -2.22. The van der Waals surface area contributed by atoms with Crippen molar-refractivity contribution in [2.45, 2.75) is 19.3 Å². The zero-order valence-corrected chi connectivity index (χ0v) is 8.93. The Bertz CT molecular complexity index is 271. The van der Waals surface area contributed by atoms with E-state index < -0.39 is 0 Å². The number of halogens is 1. The highest BCUT2D eigenvalue weighted by molar-refractivity contribution is 9.10. The molecule has 0 aliphatic carbocycles. The molecule has 1 aromatic heterocycles. The standard InChI is InChI=1S/C9H13BrN2/c1-9(2,6-11)7-3-8(10)5-12-4-7/h3-5H,6,11H2,1-2H3. The van der Waals surface area contributed by atoms with Gasteiger partial charge in [-0.1, -0.05) is 13.8 Å². The molecular weight excluding hydrogens is 216 g/mol. The second kappa shape index (κ2) is 3.54. The predicted octanol–water partition coefficient (Wildman–Crippen LogP) is 2.08. The van der Waals surface area contributed by atoms with Crippen LogP contribution in [0.2, 0.25) is 0 Å². The molecule has 3 heteroatoms. The fraction of sp³-hybridized carbons (Fsp3) is 0.444. The first-order valence-corrected chi connectivity index (χ1v) is 4.66. The third-order valence-corrected chi connectivity index (χ3v) is 2.43. The van der Waals surface area contributed by atoms with Crippen LogP contribution in [0.25, 0.3) is 0 Å². The topological polar surface area (TPSA) is 38.9 Å². The Morgan fingerprint density at radius 2 is 2.17 bits per heavy atom. The molecule has 2 nitrogen and oxygen atoms in total. The Morgan fingerprint density at radius 3 is 2.67 bits per heavy atom. The number of hydrogen-bond acceptors (Lipinski definition) is 2. The van der Waals surface area contributed by atoms with E-state index in [1.807, 2.05) is 6.20 Å². The van der Waals surface area contributed by atoms with Crippen molar-refractivity contribution in [3.05, 3.63) is 28.5 Å². The summed E-state index contributed by atoms with van der Waals surface area (Å²) in [5, 5.41) is 0. The molecule has 0 bridgehead atoms. The normalized spacial score (nSPS) is 11.7. The van der Waals surface area contributed by atoms with Crippen LogP contribution in [0.5, 0.6) is 0 Å². The van der Waals surface area contributed by atoms with Gasteiger partial charge in [0, 0.05) is 28.8 Å². The average Bonchev–Trinajstić information content (AvgIpc) is 2.05. The van der Waals surface area contributed by atoms with Gasteiger partial charge < -0.3 is 5.73 Å². The van der Waals surface area contributed by atoms with Crippen molar-refractivity contribution >= 4 is 15.9 Å². The van der Waals surface area contributed by atoms with Gasteiger partial charge >= 0.3 is 0 Å². The number of rotatable bonds is 2. The predicted molar refractivity (Wildman–Crippen MR) is 54.0 cm³/mol. The van der Waals surface area contributed by atoms with Gasteiger partial charge in [0.05, 0.1) is 0 Å². The van der Waals surface area contributed by atoms with Gasteiger partial charge in [-0.05, 0) is 27.6 Å². The van der Waals surface area contributed by atoms with E-state index in [1.165, 1.54) is 5.56 Å². The van der Waals surface area contributed by atoms with E-state index >= 15 is 0 Å². The monoisotopic (exact) mass is 228 g/mol. The number of hydrogen-bond donors (Lipinski definition) is 1. The number of nitrogens with two attached hydrogens (primary N) is 1. The smallest absolute Gasteiger partial charge is 0.0410 e. The summed E-state index contributed by atoms with van der Waals surface area (Å²) >= 11 is 3.38. The third-order valence-electron chi connectivity index (χ3n) is 2.00. The molecular formula is C9H13BrN2. The summed E-state index contributed by atoms with van der Waals surface area (Å²) in [6, 6.07) is 2.06. The number of pyridine rings is 1. The highest BCUT2D eigenvalue weighted by atomic mass is 79.9. The SMILES string of the molecule is CC(C)(CN)c1cncc(Br)c1. The summed E-state index contributed by atoms with van der Waals surface area (Å²) < 4.78 is 1.00. The van der Waals surface area contributed by atoms with E-state index in [9.17, 15) is 0 Å². The van der Waals surface area contributed by atoms with E-state index in [0.29, 0.717) is 6.54 Å². The quantitative estimate of drug-likeness (QED) is 0.843. The van der Waals surface area contributed by atoms with Gasteiger partial charge in [0.1, 0.15) is 0 Å². The van der Waals surface area contributed by atoms with Gasteiger partial charge in [0.25, 0.3) is 0 Å². The Labute approximate surface area is 81.3 Å². The maximum absolute atomic E-state index is 5.65. The zero-order chi connectivity index (χ0) is 9.19. The molecule has 0 aliphatic rings. The van der Waals surface area contributed by atoms with Gasteiger partial charge in [-0.2, -0.15) is 0 Å². The number of aromatic nitrogens is 1. The molecule has 0 spiro atoms. The Balaban J connectivity index is 3.03. The number of nitrogens with zero attached hydrogens (tertiary/aromatic N) is 1. The lowest BCUT2D eigenvalue weighted by molar-refractivity contribution is 0.536. The molecule has 0 atom stereocenters. The summed E-state index contributed by atoms with van der Waals surface area (Å²) in [5.41, 5.74) is 6.82. The van der Waals surface area contributed by atoms with Gasteiger partial charge in [0.2, 0.25) is 0 Å². The summed E-state index contributed by atoms with van der Waals surface area (Å²) in [6.07, 6.45) is 3.63. The van der Waals surface area contributed by atoms with Crippen LogP contribution in [0.3, 0.4) is 0 Å². The minimum atomic E-state index is 0.0107. The van der Waals surface area contributed by atoms with Crippen LogP contribution >= 0.6 is 15.9 Å². The van der Waals surface area contributed by atoms with Crippen molar-refractivity contribution in [1.82, 2.24) is 4.98 Å². The first-order valence-electron chi connectivity index (χ1n) is 3.87. The van der Waals surface area contributed by atoms with Gasteiger partial charge in [0.15, 0.2) is 0 Å². The first-order chi connectivity index (χ1) is 5.56. The molecule has 0 saturated heterocycles. The van der Waals surface area contributed by atoms with Crippen LogP contribution in [-0.4, -0.2) is 11.5 Å². The van der Waals surface area contributed by atoms with Crippen molar-refractivity contribution < 1.29 is 0 Å². The zero-order valence-electron chi connectivity index (χ0n) is 7.34. The van der Waals surface area contributed by atoms with Crippen LogP contribution in [0.4, 0.5) is 0 Å². The van der Waals surface area contributed by atoms with Gasteiger partial charge in [-0.25, -0.2) is 0 Å². The minimum absolute atomic E-state index is 0.0107. The van der Waals surface area contributed by atoms with Crippen LogP contribution in [-0.2, 0) is 5.41 Å². The lowest BCUT2D eigenvalue weighted by atomic mass is 9.86. The first kappa shape index (κ1) is 9.68. The minimum Gasteiger partial charge on any atom is -0.330 e. The van der Waals surface area contributed by atoms with E-state index in [1.54, 1.807) is 6.20 Å². The summed E-state index contributed by atoms with van der Waals surface area (Å²) in [6.45, 7) is 4.85. The van der Waals surface area contributed by atoms with Crippen LogP contribution in [0.15, 0.2) is 22.9 Å². The van der Waals surface area contributed by atoms with Crippen LogP contribution in [0, 0.1) is 0 Å². The Kier molecular flexibility index (Phi) is 2.85. The van der Waals surface area contributed by atoms with Crippen LogP contribution < -0.4 is 5.73 Å². The highest BCUT2D eigenvalue weighted by Gasteiger charge is 2.18. The van der Waals surface area contributed by atoms with E-state index in [-0.39, 0.29) is 5.41 Å². The van der Waals surface area contributed by atoms with Crippen molar-refractivity contribution in [1.29, 1.82) is 0 Å². The summed E-state index contributed by atoms with van der Waals surface area (Å²) in [7, 11) is 0. The molecule has 0 aliphatic heterocycles. The summed E-state index contributed by atoms with van der Waals surface area (Å²) in [4.78, 5) is 4.10. The molecule has 0 fully saturated rings. The van der Waals surface area contributed by atoms with E-state index in [0.717, 1.165) is 4.47 Å². The average molecular weight is 229 g/mol. The second-order valence-electron chi connectivity index (χ2n) is 3.48. The Hall–Kier alpha value is -0.410. The molecule has 0 saturated carbocycles. The maximum atomic E-state index is 5.65. The fourth-order valence-corrected chi connectivity index (χ4v) is 1.26.